The zero-order valence-electron chi connectivity index (χ0n) is 20.1. The normalized spacial score (nSPS) is 18.4. The maximum absolute atomic E-state index is 13.0. The van der Waals surface area contributed by atoms with E-state index in [4.69, 9.17) is 11.5 Å². The first-order valence-corrected chi connectivity index (χ1v) is 11.6. The molecule has 5 unspecified atom stereocenters. The van der Waals surface area contributed by atoms with E-state index in [-0.39, 0.29) is 37.2 Å². The number of rotatable bonds is 15. The van der Waals surface area contributed by atoms with Gasteiger partial charge in [-0.2, -0.15) is 0 Å². The molecule has 14 heteroatoms. The quantitative estimate of drug-likeness (QED) is 0.0690. The Balaban J connectivity index is 2.91. The highest BCUT2D eigenvalue weighted by atomic mass is 16.4. The lowest BCUT2D eigenvalue weighted by atomic mass is 9.97. The van der Waals surface area contributed by atoms with Crippen molar-refractivity contribution in [2.24, 2.45) is 22.4 Å². The van der Waals surface area contributed by atoms with E-state index in [0.29, 0.717) is 19.4 Å². The van der Waals surface area contributed by atoms with Crippen LogP contribution in [-0.4, -0.2) is 83.1 Å². The van der Waals surface area contributed by atoms with Crippen molar-refractivity contribution in [2.45, 2.75) is 76.5 Å². The summed E-state index contributed by atoms with van der Waals surface area (Å²) in [6, 6.07) is -4.33. The number of aliphatic carboxylic acids is 2. The lowest BCUT2D eigenvalue weighted by Crippen LogP contribution is -2.58. The van der Waals surface area contributed by atoms with Crippen molar-refractivity contribution in [3.8, 4) is 0 Å². The van der Waals surface area contributed by atoms with Gasteiger partial charge in [-0.1, -0.05) is 20.3 Å². The van der Waals surface area contributed by atoms with Gasteiger partial charge in [-0.15, -0.1) is 0 Å². The lowest BCUT2D eigenvalue weighted by Gasteiger charge is -2.27. The number of hydrogen-bond donors (Lipinski definition) is 8. The highest BCUT2D eigenvalue weighted by Crippen LogP contribution is 2.12. The number of carboxylic acid groups (broad SMARTS) is 2. The second-order valence-electron chi connectivity index (χ2n) is 8.53. The number of nitrogens with two attached hydrogens (primary N) is 2. The van der Waals surface area contributed by atoms with Gasteiger partial charge >= 0.3 is 11.9 Å². The number of nitrogens with one attached hydrogen (secondary N) is 4. The van der Waals surface area contributed by atoms with E-state index in [1.807, 2.05) is 6.92 Å². The standard InChI is InChI=1S/C21H37N7O7/c1-3-11(2)16(28-17(31)12-6-4-8-24-12)19(33)27-14(10-15(29)30)18(32)26-13(20(34)35)7-5-9-25-21(22)23/h11-14,16,24H,3-10H2,1-2H3,(H,26,32)(H,27,33)(H,28,31)(H,29,30)(H,34,35)(H4,22,23,25). The molecule has 0 aromatic heterocycles. The number of aliphatic imine (C=N–C) groups is 1. The van der Waals surface area contributed by atoms with Gasteiger partial charge in [0, 0.05) is 6.54 Å². The molecule has 1 rings (SSSR count). The third-order valence-corrected chi connectivity index (χ3v) is 5.74. The van der Waals surface area contributed by atoms with Gasteiger partial charge in [-0.05, 0) is 38.1 Å². The predicted molar refractivity (Wildman–Crippen MR) is 126 cm³/mol. The number of carbonyl (C=O) groups is 5. The Bertz CT molecular complexity index is 795. The number of nitrogens with zero attached hydrogens (tertiary/aromatic N) is 1. The summed E-state index contributed by atoms with van der Waals surface area (Å²) < 4.78 is 0. The van der Waals surface area contributed by atoms with Gasteiger partial charge in [0.15, 0.2) is 5.96 Å². The van der Waals surface area contributed by atoms with Crippen LogP contribution >= 0.6 is 0 Å². The first-order valence-electron chi connectivity index (χ1n) is 11.6. The van der Waals surface area contributed by atoms with Crippen molar-refractivity contribution in [1.29, 1.82) is 0 Å². The van der Waals surface area contributed by atoms with E-state index in [1.54, 1.807) is 6.92 Å². The van der Waals surface area contributed by atoms with Gasteiger partial charge in [0.05, 0.1) is 12.5 Å². The van der Waals surface area contributed by atoms with Crippen molar-refractivity contribution in [3.63, 3.8) is 0 Å². The second kappa shape index (κ2) is 14.8. The van der Waals surface area contributed by atoms with Crippen LogP contribution in [0.25, 0.3) is 0 Å². The van der Waals surface area contributed by atoms with Gasteiger partial charge in [0.1, 0.15) is 18.1 Å². The summed E-state index contributed by atoms with van der Waals surface area (Å²) >= 11 is 0. The van der Waals surface area contributed by atoms with E-state index in [1.165, 1.54) is 0 Å². The van der Waals surface area contributed by atoms with Crippen LogP contribution in [0.3, 0.4) is 0 Å². The van der Waals surface area contributed by atoms with Crippen molar-refractivity contribution < 1.29 is 34.2 Å². The maximum Gasteiger partial charge on any atom is 0.326 e. The number of hydrogen-bond acceptors (Lipinski definition) is 7. The molecule has 5 atom stereocenters. The average molecular weight is 500 g/mol. The molecule has 1 fully saturated rings. The van der Waals surface area contributed by atoms with Gasteiger partial charge in [0.2, 0.25) is 17.7 Å². The average Bonchev–Trinajstić information content (AvgIpc) is 3.32. The highest BCUT2D eigenvalue weighted by molar-refractivity contribution is 5.95. The molecular weight excluding hydrogens is 462 g/mol. The molecule has 0 saturated carbocycles. The molecule has 0 aromatic carbocycles. The minimum Gasteiger partial charge on any atom is -0.481 e. The third kappa shape index (κ3) is 10.6. The molecule has 10 N–H and O–H groups in total. The van der Waals surface area contributed by atoms with Crippen LogP contribution in [0, 0.1) is 5.92 Å². The molecule has 3 amide bonds. The summed E-state index contributed by atoms with van der Waals surface area (Å²) in [5.74, 6) is -5.23. The SMILES string of the molecule is CCC(C)C(NC(=O)C1CCCN1)C(=O)NC(CC(=O)O)C(=O)NC(CCCN=C(N)N)C(=O)O. The number of carbonyl (C=O) groups excluding carboxylic acids is 3. The van der Waals surface area contributed by atoms with Gasteiger partial charge in [-0.3, -0.25) is 24.2 Å². The zero-order valence-corrected chi connectivity index (χ0v) is 20.1. The molecule has 0 aliphatic carbocycles. The molecule has 0 bridgehead atoms. The molecule has 1 aliphatic rings. The van der Waals surface area contributed by atoms with Gasteiger partial charge in [-0.25, -0.2) is 4.79 Å². The van der Waals surface area contributed by atoms with Crippen LogP contribution < -0.4 is 32.7 Å². The fourth-order valence-corrected chi connectivity index (χ4v) is 3.54. The van der Waals surface area contributed by atoms with Gasteiger partial charge in [0.25, 0.3) is 0 Å². The Morgan fingerprint density at radius 3 is 2.23 bits per heavy atom. The van der Waals surface area contributed by atoms with Crippen LogP contribution in [0.5, 0.6) is 0 Å². The van der Waals surface area contributed by atoms with Crippen molar-refractivity contribution in [1.82, 2.24) is 21.3 Å². The predicted octanol–water partition coefficient (Wildman–Crippen LogP) is -2.15. The molecular formula is C21H37N7O7. The minimum atomic E-state index is -1.55. The van der Waals surface area contributed by atoms with Gasteiger partial charge < -0.3 is 42.9 Å². The molecule has 0 aromatic rings. The number of guanidine groups is 1. The topological polar surface area (TPSA) is 238 Å². The highest BCUT2D eigenvalue weighted by Gasteiger charge is 2.34. The Kier molecular flexibility index (Phi) is 12.5. The van der Waals surface area contributed by atoms with Crippen molar-refractivity contribution >= 4 is 35.6 Å². The minimum absolute atomic E-state index is 0.0223. The Labute approximate surface area is 203 Å². The Morgan fingerprint density at radius 1 is 1.06 bits per heavy atom. The molecule has 0 spiro atoms. The lowest BCUT2D eigenvalue weighted by molar-refractivity contribution is -0.144. The first kappa shape index (κ1) is 29.6. The maximum atomic E-state index is 13.0. The molecule has 35 heavy (non-hydrogen) atoms. The van der Waals surface area contributed by atoms with Crippen LogP contribution in [-0.2, 0) is 24.0 Å². The molecule has 1 heterocycles. The summed E-state index contributed by atoms with van der Waals surface area (Å²) in [6.07, 6.45) is 1.43. The van der Waals surface area contributed by atoms with E-state index >= 15 is 0 Å². The van der Waals surface area contributed by atoms with E-state index in [2.05, 4.69) is 26.3 Å². The van der Waals surface area contributed by atoms with Crippen molar-refractivity contribution in [3.05, 3.63) is 0 Å². The van der Waals surface area contributed by atoms with Crippen LogP contribution in [0.1, 0.15) is 52.4 Å². The van der Waals surface area contributed by atoms with E-state index in [0.717, 1.165) is 6.42 Å². The smallest absolute Gasteiger partial charge is 0.326 e. The van der Waals surface area contributed by atoms with Crippen LogP contribution in [0.2, 0.25) is 0 Å². The molecule has 1 aliphatic heterocycles. The van der Waals surface area contributed by atoms with E-state index in [9.17, 15) is 34.2 Å². The Morgan fingerprint density at radius 2 is 1.71 bits per heavy atom. The first-order chi connectivity index (χ1) is 16.5. The number of amides is 3. The summed E-state index contributed by atoms with van der Waals surface area (Å²) in [7, 11) is 0. The number of carboxylic acids is 2. The van der Waals surface area contributed by atoms with Crippen molar-refractivity contribution in [2.75, 3.05) is 13.1 Å². The fraction of sp³-hybridized carbons (Fsp3) is 0.714. The molecule has 14 nitrogen and oxygen atoms in total. The summed E-state index contributed by atoms with van der Waals surface area (Å²) in [4.78, 5) is 64.9. The molecule has 0 radical (unpaired) electrons. The van der Waals surface area contributed by atoms with Crippen LogP contribution in [0.15, 0.2) is 4.99 Å². The zero-order chi connectivity index (χ0) is 26.5. The molecule has 198 valence electrons. The third-order valence-electron chi connectivity index (χ3n) is 5.74. The largest absolute Gasteiger partial charge is 0.481 e. The Hall–Kier alpha value is -3.42. The summed E-state index contributed by atoms with van der Waals surface area (Å²) in [5.41, 5.74) is 10.4. The van der Waals surface area contributed by atoms with Crippen LogP contribution in [0.4, 0.5) is 0 Å². The molecule has 1 saturated heterocycles. The van der Waals surface area contributed by atoms with E-state index < -0.39 is 54.3 Å². The monoisotopic (exact) mass is 499 g/mol. The summed E-state index contributed by atoms with van der Waals surface area (Å²) in [5, 5.41) is 29.0. The fourth-order valence-electron chi connectivity index (χ4n) is 3.54. The summed E-state index contributed by atoms with van der Waals surface area (Å²) in [6.45, 7) is 4.40. The second-order valence-corrected chi connectivity index (χ2v) is 8.53.